The van der Waals surface area contributed by atoms with Crippen molar-refractivity contribution in [1.29, 1.82) is 0 Å². The molecule has 2 nitrogen and oxygen atoms in total. The Morgan fingerprint density at radius 3 is 2.36 bits per heavy atom. The maximum Gasteiger partial charge on any atom is 0.120 e. The van der Waals surface area contributed by atoms with E-state index in [9.17, 15) is 5.11 Å². The first kappa shape index (κ1) is 11.5. The SMILES string of the molecule is CC(C)(C)c1cc(O)c(CN)cc1Br. The lowest BCUT2D eigenvalue weighted by molar-refractivity contribution is 0.463. The normalized spacial score (nSPS) is 11.8. The summed E-state index contributed by atoms with van der Waals surface area (Å²) in [6.07, 6.45) is 0. The Hall–Kier alpha value is -0.540. The molecular weight excluding hydrogens is 242 g/mol. The van der Waals surface area contributed by atoms with Crippen LogP contribution in [0.4, 0.5) is 0 Å². The van der Waals surface area contributed by atoms with Crippen molar-refractivity contribution >= 4 is 15.9 Å². The lowest BCUT2D eigenvalue weighted by atomic mass is 9.86. The van der Waals surface area contributed by atoms with Crippen LogP contribution in [0.15, 0.2) is 16.6 Å². The number of halogens is 1. The molecule has 14 heavy (non-hydrogen) atoms. The van der Waals surface area contributed by atoms with Gasteiger partial charge in [-0.25, -0.2) is 0 Å². The second-order valence-corrected chi connectivity index (χ2v) is 5.27. The van der Waals surface area contributed by atoms with Gasteiger partial charge in [-0.1, -0.05) is 36.7 Å². The van der Waals surface area contributed by atoms with Gasteiger partial charge >= 0.3 is 0 Å². The molecule has 3 heteroatoms. The van der Waals surface area contributed by atoms with E-state index in [0.717, 1.165) is 15.6 Å². The Morgan fingerprint density at radius 1 is 1.36 bits per heavy atom. The quantitative estimate of drug-likeness (QED) is 0.813. The second kappa shape index (κ2) is 3.91. The maximum atomic E-state index is 9.68. The fraction of sp³-hybridized carbons (Fsp3) is 0.455. The minimum Gasteiger partial charge on any atom is -0.508 e. The van der Waals surface area contributed by atoms with E-state index < -0.39 is 0 Å². The van der Waals surface area contributed by atoms with Crippen molar-refractivity contribution in [2.45, 2.75) is 32.7 Å². The van der Waals surface area contributed by atoms with Crippen LogP contribution in [0.3, 0.4) is 0 Å². The lowest BCUT2D eigenvalue weighted by Crippen LogP contribution is -2.12. The molecule has 1 aromatic carbocycles. The van der Waals surface area contributed by atoms with E-state index in [1.165, 1.54) is 0 Å². The van der Waals surface area contributed by atoms with E-state index in [1.54, 1.807) is 6.07 Å². The highest BCUT2D eigenvalue weighted by Crippen LogP contribution is 2.34. The van der Waals surface area contributed by atoms with Gasteiger partial charge in [0, 0.05) is 16.6 Å². The molecule has 0 aromatic heterocycles. The highest BCUT2D eigenvalue weighted by molar-refractivity contribution is 9.10. The number of hydrogen-bond acceptors (Lipinski definition) is 2. The number of benzene rings is 1. The molecule has 78 valence electrons. The fourth-order valence-corrected chi connectivity index (χ4v) is 2.33. The van der Waals surface area contributed by atoms with Gasteiger partial charge in [0.25, 0.3) is 0 Å². The van der Waals surface area contributed by atoms with Gasteiger partial charge in [-0.15, -0.1) is 0 Å². The minimum absolute atomic E-state index is 0.0173. The summed E-state index contributed by atoms with van der Waals surface area (Å²) in [5, 5.41) is 9.68. The summed E-state index contributed by atoms with van der Waals surface area (Å²) < 4.78 is 1.00. The molecule has 0 aliphatic rings. The van der Waals surface area contributed by atoms with Crippen LogP contribution in [0, 0.1) is 0 Å². The summed E-state index contributed by atoms with van der Waals surface area (Å²) >= 11 is 3.49. The van der Waals surface area contributed by atoms with Gasteiger partial charge < -0.3 is 10.8 Å². The van der Waals surface area contributed by atoms with Gasteiger partial charge in [0.15, 0.2) is 0 Å². The molecule has 0 saturated heterocycles. The number of nitrogens with two attached hydrogens (primary N) is 1. The molecule has 3 N–H and O–H groups in total. The fourth-order valence-electron chi connectivity index (χ4n) is 1.34. The van der Waals surface area contributed by atoms with E-state index in [-0.39, 0.29) is 11.2 Å². The Kier molecular flexibility index (Phi) is 3.22. The van der Waals surface area contributed by atoms with Crippen molar-refractivity contribution in [1.82, 2.24) is 0 Å². The van der Waals surface area contributed by atoms with Crippen molar-refractivity contribution in [3.8, 4) is 5.75 Å². The van der Waals surface area contributed by atoms with E-state index in [0.29, 0.717) is 6.54 Å². The zero-order valence-corrected chi connectivity index (χ0v) is 10.4. The van der Waals surface area contributed by atoms with Crippen LogP contribution in [0.2, 0.25) is 0 Å². The lowest BCUT2D eigenvalue weighted by Gasteiger charge is -2.21. The van der Waals surface area contributed by atoms with Crippen molar-refractivity contribution in [2.75, 3.05) is 0 Å². The minimum atomic E-state index is 0.0173. The van der Waals surface area contributed by atoms with Crippen LogP contribution < -0.4 is 5.73 Å². The number of phenolic OH excluding ortho intramolecular Hbond substituents is 1. The van der Waals surface area contributed by atoms with Gasteiger partial charge in [-0.2, -0.15) is 0 Å². The van der Waals surface area contributed by atoms with Gasteiger partial charge in [-0.05, 0) is 23.1 Å². The molecule has 0 spiro atoms. The average molecular weight is 258 g/mol. The zero-order chi connectivity index (χ0) is 10.9. The molecule has 0 amide bonds. The Bertz CT molecular complexity index is 342. The van der Waals surface area contributed by atoms with E-state index in [4.69, 9.17) is 5.73 Å². The summed E-state index contributed by atoms with van der Waals surface area (Å²) in [6.45, 7) is 6.67. The largest absolute Gasteiger partial charge is 0.508 e. The van der Waals surface area contributed by atoms with E-state index >= 15 is 0 Å². The summed E-state index contributed by atoms with van der Waals surface area (Å²) in [6, 6.07) is 3.67. The molecule has 0 atom stereocenters. The first-order valence-corrected chi connectivity index (χ1v) is 5.37. The number of rotatable bonds is 1. The summed E-state index contributed by atoms with van der Waals surface area (Å²) in [4.78, 5) is 0. The first-order chi connectivity index (χ1) is 6.36. The van der Waals surface area contributed by atoms with Crippen molar-refractivity contribution < 1.29 is 5.11 Å². The third-order valence-corrected chi connectivity index (χ3v) is 2.85. The molecule has 0 aliphatic carbocycles. The van der Waals surface area contributed by atoms with Gasteiger partial charge in [0.1, 0.15) is 5.75 Å². The summed E-state index contributed by atoms with van der Waals surface area (Å²) in [7, 11) is 0. The summed E-state index contributed by atoms with van der Waals surface area (Å²) in [5.41, 5.74) is 7.37. The van der Waals surface area contributed by atoms with Gasteiger partial charge in [-0.3, -0.25) is 0 Å². The van der Waals surface area contributed by atoms with Crippen molar-refractivity contribution in [3.63, 3.8) is 0 Å². The molecule has 0 heterocycles. The molecule has 0 bridgehead atoms. The van der Waals surface area contributed by atoms with Crippen LogP contribution in [0.5, 0.6) is 5.75 Å². The number of hydrogen-bond donors (Lipinski definition) is 2. The highest BCUT2D eigenvalue weighted by atomic mass is 79.9. The van der Waals surface area contributed by atoms with E-state index in [2.05, 4.69) is 36.7 Å². The molecule has 1 rings (SSSR count). The van der Waals surface area contributed by atoms with Crippen LogP contribution in [0.1, 0.15) is 31.9 Å². The molecule has 0 radical (unpaired) electrons. The van der Waals surface area contributed by atoms with Crippen molar-refractivity contribution in [3.05, 3.63) is 27.7 Å². The summed E-state index contributed by atoms with van der Waals surface area (Å²) in [5.74, 6) is 0.278. The molecule has 1 aromatic rings. The van der Waals surface area contributed by atoms with Crippen LogP contribution >= 0.6 is 15.9 Å². The monoisotopic (exact) mass is 257 g/mol. The standard InChI is InChI=1S/C11H16BrNO/c1-11(2,3)8-5-10(14)7(6-13)4-9(8)12/h4-5,14H,6,13H2,1-3H3. The van der Waals surface area contributed by atoms with E-state index in [1.807, 2.05) is 6.07 Å². The predicted octanol–water partition coefficient (Wildman–Crippen LogP) is 2.91. The molecule has 0 aliphatic heterocycles. The van der Waals surface area contributed by atoms with Gasteiger partial charge in [0.05, 0.1) is 0 Å². The Labute approximate surface area is 93.3 Å². The molecule has 0 fully saturated rings. The maximum absolute atomic E-state index is 9.68. The van der Waals surface area contributed by atoms with Crippen molar-refractivity contribution in [2.24, 2.45) is 5.73 Å². The smallest absolute Gasteiger partial charge is 0.120 e. The Morgan fingerprint density at radius 2 is 1.93 bits per heavy atom. The number of aromatic hydroxyl groups is 1. The second-order valence-electron chi connectivity index (χ2n) is 4.41. The Balaban J connectivity index is 3.29. The molecule has 0 unspecified atom stereocenters. The topological polar surface area (TPSA) is 46.2 Å². The van der Waals surface area contributed by atoms with Crippen LogP contribution in [-0.2, 0) is 12.0 Å². The van der Waals surface area contributed by atoms with Crippen LogP contribution in [0.25, 0.3) is 0 Å². The molecule has 0 saturated carbocycles. The highest BCUT2D eigenvalue weighted by Gasteiger charge is 2.18. The predicted molar refractivity (Wildman–Crippen MR) is 62.4 cm³/mol. The third kappa shape index (κ3) is 2.28. The van der Waals surface area contributed by atoms with Crippen LogP contribution in [-0.4, -0.2) is 5.11 Å². The third-order valence-electron chi connectivity index (χ3n) is 2.20. The average Bonchev–Trinajstić information content (AvgIpc) is 2.06. The molecular formula is C11H16BrNO. The zero-order valence-electron chi connectivity index (χ0n) is 8.76. The number of phenols is 1. The van der Waals surface area contributed by atoms with Gasteiger partial charge in [0.2, 0.25) is 0 Å². The first-order valence-electron chi connectivity index (χ1n) is 4.58.